The summed E-state index contributed by atoms with van der Waals surface area (Å²) < 4.78 is 0. The van der Waals surface area contributed by atoms with E-state index in [1.807, 2.05) is 6.08 Å². The lowest BCUT2D eigenvalue weighted by Gasteiger charge is -2.17. The lowest BCUT2D eigenvalue weighted by Crippen LogP contribution is -2.02. The Bertz CT molecular complexity index is 356. The highest BCUT2D eigenvalue weighted by Crippen LogP contribution is 2.24. The Morgan fingerprint density at radius 1 is 1.27 bits per heavy atom. The molecule has 1 aliphatic carbocycles. The summed E-state index contributed by atoms with van der Waals surface area (Å²) in [6.45, 7) is 0. The van der Waals surface area contributed by atoms with Gasteiger partial charge in [0, 0.05) is 10.9 Å². The van der Waals surface area contributed by atoms with E-state index >= 15 is 0 Å². The Labute approximate surface area is 96.0 Å². The van der Waals surface area contributed by atoms with Crippen LogP contribution in [0.2, 0.25) is 0 Å². The fraction of sp³-hybridized carbons (Fsp3) is 0.429. The molecule has 0 aliphatic heterocycles. The average Bonchev–Trinajstić information content (AvgIpc) is 2.79. The van der Waals surface area contributed by atoms with Gasteiger partial charge in [-0.1, -0.05) is 37.2 Å². The summed E-state index contributed by atoms with van der Waals surface area (Å²) in [5.41, 5.74) is 1.13. The van der Waals surface area contributed by atoms with Gasteiger partial charge in [0.2, 0.25) is 0 Å². The molecule has 0 saturated heterocycles. The second-order valence-electron chi connectivity index (χ2n) is 4.04. The van der Waals surface area contributed by atoms with Gasteiger partial charge in [-0.3, -0.25) is 0 Å². The molecule has 1 aromatic rings. The second kappa shape index (κ2) is 5.78. The molecule has 0 nitrogen and oxygen atoms in total. The molecule has 0 amide bonds. The van der Waals surface area contributed by atoms with Crippen LogP contribution in [0.15, 0.2) is 29.0 Å². The molecule has 2 rings (SSSR count). The van der Waals surface area contributed by atoms with Crippen molar-refractivity contribution in [1.82, 2.24) is 0 Å². The van der Waals surface area contributed by atoms with Gasteiger partial charge in [-0.15, -0.1) is 0 Å². The Hall–Kier alpha value is -1.00. The molecule has 0 aromatic carbocycles. The molecular weight excluding hydrogens is 200 g/mol. The topological polar surface area (TPSA) is 0 Å². The Balaban J connectivity index is 1.83. The normalized spacial score (nSPS) is 17.6. The molecule has 1 heteroatoms. The van der Waals surface area contributed by atoms with Gasteiger partial charge in [0.05, 0.1) is 0 Å². The van der Waals surface area contributed by atoms with Crippen molar-refractivity contribution in [3.63, 3.8) is 0 Å². The Morgan fingerprint density at radius 3 is 2.87 bits per heavy atom. The molecule has 0 spiro atoms. The molecule has 0 atom stereocenters. The first-order valence-electron chi connectivity index (χ1n) is 5.65. The van der Waals surface area contributed by atoms with Crippen molar-refractivity contribution >= 4 is 11.3 Å². The summed E-state index contributed by atoms with van der Waals surface area (Å²) in [6.07, 6.45) is 11.3. The minimum atomic E-state index is 0.788. The van der Waals surface area contributed by atoms with E-state index in [4.69, 9.17) is 0 Å². The van der Waals surface area contributed by atoms with E-state index < -0.39 is 0 Å². The quantitative estimate of drug-likeness (QED) is 0.616. The molecule has 0 unspecified atom stereocenters. The molecular formula is C14H16S. The first-order valence-corrected chi connectivity index (χ1v) is 6.60. The summed E-state index contributed by atoms with van der Waals surface area (Å²) in [5.74, 6) is 7.04. The highest BCUT2D eigenvalue weighted by Gasteiger charge is 2.08. The molecule has 15 heavy (non-hydrogen) atoms. The Morgan fingerprint density at radius 2 is 2.13 bits per heavy atom. The standard InChI is InChI=1S/C14H16S/c1-2-6-13(7-3-1)8-4-5-9-14-10-11-15-12-14/h4,8,10-13H,1-3,6-7H2/b8-4+. The van der Waals surface area contributed by atoms with Gasteiger partial charge in [0.1, 0.15) is 0 Å². The fourth-order valence-electron chi connectivity index (χ4n) is 1.97. The van der Waals surface area contributed by atoms with E-state index in [0.29, 0.717) is 0 Å². The fourth-order valence-corrected chi connectivity index (χ4v) is 2.56. The zero-order chi connectivity index (χ0) is 10.3. The summed E-state index contributed by atoms with van der Waals surface area (Å²) in [6, 6.07) is 2.06. The van der Waals surface area contributed by atoms with Crippen molar-refractivity contribution in [2.24, 2.45) is 5.92 Å². The van der Waals surface area contributed by atoms with Gasteiger partial charge in [-0.2, -0.15) is 11.3 Å². The van der Waals surface area contributed by atoms with Crippen LogP contribution in [-0.4, -0.2) is 0 Å². The van der Waals surface area contributed by atoms with Gasteiger partial charge in [0.15, 0.2) is 0 Å². The number of hydrogen-bond donors (Lipinski definition) is 0. The van der Waals surface area contributed by atoms with E-state index in [-0.39, 0.29) is 0 Å². The molecule has 1 aromatic heterocycles. The van der Waals surface area contributed by atoms with Crippen LogP contribution in [0.25, 0.3) is 0 Å². The monoisotopic (exact) mass is 216 g/mol. The minimum absolute atomic E-state index is 0.788. The van der Waals surface area contributed by atoms with Crippen LogP contribution in [0.1, 0.15) is 37.7 Å². The van der Waals surface area contributed by atoms with Crippen molar-refractivity contribution in [3.8, 4) is 11.8 Å². The maximum absolute atomic E-state index is 3.14. The number of allylic oxidation sites excluding steroid dienone is 2. The van der Waals surface area contributed by atoms with E-state index in [1.54, 1.807) is 11.3 Å². The summed E-state index contributed by atoms with van der Waals surface area (Å²) in [7, 11) is 0. The van der Waals surface area contributed by atoms with Gasteiger partial charge in [-0.25, -0.2) is 0 Å². The maximum Gasteiger partial charge on any atom is 0.0355 e. The van der Waals surface area contributed by atoms with E-state index in [0.717, 1.165) is 11.5 Å². The van der Waals surface area contributed by atoms with Gasteiger partial charge >= 0.3 is 0 Å². The predicted molar refractivity (Wildman–Crippen MR) is 66.9 cm³/mol. The molecule has 1 heterocycles. The number of rotatable bonds is 1. The molecule has 0 bridgehead atoms. The molecule has 0 radical (unpaired) electrons. The predicted octanol–water partition coefficient (Wildman–Crippen LogP) is 4.24. The minimum Gasteiger partial charge on any atom is -0.151 e. The summed E-state index contributed by atoms with van der Waals surface area (Å²) >= 11 is 1.70. The van der Waals surface area contributed by atoms with Crippen molar-refractivity contribution in [3.05, 3.63) is 34.5 Å². The van der Waals surface area contributed by atoms with Crippen LogP contribution in [-0.2, 0) is 0 Å². The molecule has 1 fully saturated rings. The summed E-state index contributed by atoms with van der Waals surface area (Å²) in [5, 5.41) is 4.15. The highest BCUT2D eigenvalue weighted by atomic mass is 32.1. The third-order valence-corrected chi connectivity index (χ3v) is 3.52. The first-order chi connectivity index (χ1) is 7.45. The van der Waals surface area contributed by atoms with Crippen molar-refractivity contribution in [2.75, 3.05) is 0 Å². The van der Waals surface area contributed by atoms with Crippen LogP contribution in [0.3, 0.4) is 0 Å². The van der Waals surface area contributed by atoms with Crippen molar-refractivity contribution in [2.45, 2.75) is 32.1 Å². The van der Waals surface area contributed by atoms with Crippen LogP contribution >= 0.6 is 11.3 Å². The highest BCUT2D eigenvalue weighted by molar-refractivity contribution is 7.08. The zero-order valence-corrected chi connectivity index (χ0v) is 9.72. The number of thiophene rings is 1. The van der Waals surface area contributed by atoms with E-state index in [2.05, 4.69) is 34.7 Å². The second-order valence-corrected chi connectivity index (χ2v) is 4.82. The lowest BCUT2D eigenvalue weighted by atomic mass is 9.89. The third-order valence-electron chi connectivity index (χ3n) is 2.84. The van der Waals surface area contributed by atoms with Crippen molar-refractivity contribution < 1.29 is 0 Å². The number of hydrogen-bond acceptors (Lipinski definition) is 1. The first kappa shape index (κ1) is 10.5. The SMILES string of the molecule is C(#Cc1ccsc1)/C=C/C1CCCCC1. The van der Waals surface area contributed by atoms with Crippen LogP contribution in [0.4, 0.5) is 0 Å². The lowest BCUT2D eigenvalue weighted by molar-refractivity contribution is 0.419. The maximum atomic E-state index is 3.14. The van der Waals surface area contributed by atoms with Gasteiger partial charge < -0.3 is 0 Å². The van der Waals surface area contributed by atoms with Crippen molar-refractivity contribution in [1.29, 1.82) is 0 Å². The third kappa shape index (κ3) is 3.57. The van der Waals surface area contributed by atoms with Crippen LogP contribution in [0, 0.1) is 17.8 Å². The molecule has 1 saturated carbocycles. The smallest absolute Gasteiger partial charge is 0.0355 e. The van der Waals surface area contributed by atoms with Crippen LogP contribution in [0.5, 0.6) is 0 Å². The molecule has 78 valence electrons. The largest absolute Gasteiger partial charge is 0.151 e. The molecule has 1 aliphatic rings. The van der Waals surface area contributed by atoms with Gasteiger partial charge in [0.25, 0.3) is 0 Å². The van der Waals surface area contributed by atoms with E-state index in [1.165, 1.54) is 32.1 Å². The van der Waals surface area contributed by atoms with Gasteiger partial charge in [-0.05, 0) is 36.3 Å². The summed E-state index contributed by atoms with van der Waals surface area (Å²) in [4.78, 5) is 0. The Kier molecular flexibility index (Phi) is 4.05. The molecule has 0 N–H and O–H groups in total. The zero-order valence-electron chi connectivity index (χ0n) is 8.91. The van der Waals surface area contributed by atoms with E-state index in [9.17, 15) is 0 Å². The average molecular weight is 216 g/mol. The van der Waals surface area contributed by atoms with Crippen LogP contribution < -0.4 is 0 Å².